The lowest BCUT2D eigenvalue weighted by Gasteiger charge is -2.16. The Morgan fingerprint density at radius 3 is 1.48 bits per heavy atom. The molecule has 0 atom stereocenters. The first-order valence-electron chi connectivity index (χ1n) is 10.7. The molecule has 0 saturated heterocycles. The maximum Gasteiger partial charge on any atom is 0.0400 e. The molecule has 0 fully saturated rings. The number of benzene rings is 7. The second kappa shape index (κ2) is 5.96. The SMILES string of the molecule is Nc1cc2ccc3ccc4ccccc4c3c2c2c1ccc1ccc3ccccc3c12. The first-order chi connectivity index (χ1) is 15.3. The van der Waals surface area contributed by atoms with Gasteiger partial charge in [-0.25, -0.2) is 0 Å². The highest BCUT2D eigenvalue weighted by Gasteiger charge is 2.14. The fourth-order valence-electron chi connectivity index (χ4n) is 5.35. The van der Waals surface area contributed by atoms with Crippen LogP contribution in [0, 0.1) is 0 Å². The average molecular weight is 393 g/mol. The summed E-state index contributed by atoms with van der Waals surface area (Å²) >= 11 is 0. The molecule has 0 unspecified atom stereocenters. The van der Waals surface area contributed by atoms with Crippen LogP contribution in [0.4, 0.5) is 5.69 Å². The van der Waals surface area contributed by atoms with Gasteiger partial charge in [-0.1, -0.05) is 97.1 Å². The molecule has 0 aromatic heterocycles. The molecule has 7 aromatic rings. The zero-order chi connectivity index (χ0) is 20.5. The van der Waals surface area contributed by atoms with Crippen LogP contribution in [0.15, 0.2) is 103 Å². The monoisotopic (exact) mass is 393 g/mol. The third-order valence-corrected chi connectivity index (χ3v) is 6.72. The Labute approximate surface area is 179 Å². The maximum atomic E-state index is 6.61. The van der Waals surface area contributed by atoms with E-state index in [0.29, 0.717) is 0 Å². The van der Waals surface area contributed by atoms with Crippen molar-refractivity contribution in [3.05, 3.63) is 103 Å². The Morgan fingerprint density at radius 1 is 0.355 bits per heavy atom. The third-order valence-electron chi connectivity index (χ3n) is 6.72. The zero-order valence-electron chi connectivity index (χ0n) is 16.9. The maximum absolute atomic E-state index is 6.61. The molecule has 7 aromatic carbocycles. The highest BCUT2D eigenvalue weighted by molar-refractivity contribution is 6.36. The molecule has 1 nitrogen and oxygen atoms in total. The number of fused-ring (bicyclic) bond motifs is 11. The first-order valence-corrected chi connectivity index (χ1v) is 10.7. The molecule has 2 N–H and O–H groups in total. The van der Waals surface area contributed by atoms with Crippen molar-refractivity contribution >= 4 is 70.3 Å². The lowest BCUT2D eigenvalue weighted by molar-refractivity contribution is 1.77. The van der Waals surface area contributed by atoms with Crippen LogP contribution in [0.25, 0.3) is 64.6 Å². The van der Waals surface area contributed by atoms with E-state index in [1.807, 2.05) is 0 Å². The van der Waals surface area contributed by atoms with E-state index in [1.54, 1.807) is 0 Å². The topological polar surface area (TPSA) is 26.0 Å². The van der Waals surface area contributed by atoms with Gasteiger partial charge in [-0.3, -0.25) is 0 Å². The van der Waals surface area contributed by atoms with Gasteiger partial charge in [-0.05, 0) is 59.9 Å². The molecule has 0 aliphatic heterocycles. The predicted octanol–water partition coefficient (Wildman–Crippen LogP) is 8.19. The molecule has 0 spiro atoms. The van der Waals surface area contributed by atoms with Crippen LogP contribution in [0.2, 0.25) is 0 Å². The Balaban J connectivity index is 1.91. The van der Waals surface area contributed by atoms with Crippen molar-refractivity contribution in [2.45, 2.75) is 0 Å². The molecule has 7 rings (SSSR count). The van der Waals surface area contributed by atoms with Gasteiger partial charge in [0.25, 0.3) is 0 Å². The molecule has 0 aliphatic rings. The van der Waals surface area contributed by atoms with E-state index in [2.05, 4.69) is 103 Å². The number of hydrogen-bond acceptors (Lipinski definition) is 1. The van der Waals surface area contributed by atoms with Gasteiger partial charge in [0.15, 0.2) is 0 Å². The van der Waals surface area contributed by atoms with E-state index < -0.39 is 0 Å². The molecule has 0 heterocycles. The summed E-state index contributed by atoms with van der Waals surface area (Å²) in [6.45, 7) is 0. The molecule has 144 valence electrons. The minimum absolute atomic E-state index is 0.830. The molecule has 1 heteroatoms. The van der Waals surface area contributed by atoms with Gasteiger partial charge in [-0.15, -0.1) is 0 Å². The summed E-state index contributed by atoms with van der Waals surface area (Å²) in [6.07, 6.45) is 0. The summed E-state index contributed by atoms with van der Waals surface area (Å²) in [5.41, 5.74) is 7.44. The Kier molecular flexibility index (Phi) is 3.21. The molecular weight excluding hydrogens is 374 g/mol. The number of nitrogen functional groups attached to an aromatic ring is 1. The van der Waals surface area contributed by atoms with Crippen LogP contribution in [0.5, 0.6) is 0 Å². The summed E-state index contributed by atoms with van der Waals surface area (Å²) in [5, 5.41) is 15.0. The average Bonchev–Trinajstić information content (AvgIpc) is 2.83. The minimum atomic E-state index is 0.830. The fourth-order valence-corrected chi connectivity index (χ4v) is 5.35. The van der Waals surface area contributed by atoms with E-state index in [-0.39, 0.29) is 0 Å². The van der Waals surface area contributed by atoms with E-state index in [0.717, 1.165) is 11.1 Å². The molecule has 0 amide bonds. The fraction of sp³-hybridized carbons (Fsp3) is 0. The predicted molar refractivity (Wildman–Crippen MR) is 136 cm³/mol. The molecule has 31 heavy (non-hydrogen) atoms. The van der Waals surface area contributed by atoms with Crippen LogP contribution in [0.3, 0.4) is 0 Å². The van der Waals surface area contributed by atoms with Crippen molar-refractivity contribution < 1.29 is 0 Å². The second-order valence-corrected chi connectivity index (χ2v) is 8.39. The summed E-state index contributed by atoms with van der Waals surface area (Å²) in [4.78, 5) is 0. The van der Waals surface area contributed by atoms with E-state index >= 15 is 0 Å². The Hall–Kier alpha value is -4.10. The van der Waals surface area contributed by atoms with Crippen LogP contribution < -0.4 is 5.73 Å². The number of hydrogen-bond donors (Lipinski definition) is 1. The summed E-state index contributed by atoms with van der Waals surface area (Å²) in [6, 6.07) is 37.2. The molecular formula is C30H19N. The third kappa shape index (κ3) is 2.21. The molecule has 0 radical (unpaired) electrons. The lowest BCUT2D eigenvalue weighted by Crippen LogP contribution is -1.91. The van der Waals surface area contributed by atoms with E-state index in [9.17, 15) is 0 Å². The van der Waals surface area contributed by atoms with Gasteiger partial charge in [-0.2, -0.15) is 0 Å². The molecule has 0 aliphatic carbocycles. The van der Waals surface area contributed by atoms with Crippen molar-refractivity contribution in [3.63, 3.8) is 0 Å². The molecule has 0 saturated carbocycles. The van der Waals surface area contributed by atoms with E-state index in [1.165, 1.54) is 59.2 Å². The van der Waals surface area contributed by atoms with Crippen molar-refractivity contribution in [1.29, 1.82) is 0 Å². The summed E-state index contributed by atoms with van der Waals surface area (Å²) < 4.78 is 0. The summed E-state index contributed by atoms with van der Waals surface area (Å²) in [7, 11) is 0. The van der Waals surface area contributed by atoms with Gasteiger partial charge < -0.3 is 5.73 Å². The Morgan fingerprint density at radius 2 is 0.839 bits per heavy atom. The van der Waals surface area contributed by atoms with Crippen LogP contribution >= 0.6 is 0 Å². The number of nitrogens with two attached hydrogens (primary N) is 1. The van der Waals surface area contributed by atoms with Crippen molar-refractivity contribution in [2.75, 3.05) is 5.73 Å². The van der Waals surface area contributed by atoms with Gasteiger partial charge in [0.05, 0.1) is 0 Å². The normalized spacial score (nSPS) is 12.0. The van der Waals surface area contributed by atoms with Gasteiger partial charge in [0.2, 0.25) is 0 Å². The zero-order valence-corrected chi connectivity index (χ0v) is 16.9. The Bertz CT molecular complexity index is 1840. The van der Waals surface area contributed by atoms with Crippen LogP contribution in [0.1, 0.15) is 0 Å². The van der Waals surface area contributed by atoms with Gasteiger partial charge >= 0.3 is 0 Å². The van der Waals surface area contributed by atoms with Crippen molar-refractivity contribution in [2.24, 2.45) is 0 Å². The molecule has 0 bridgehead atoms. The highest BCUT2D eigenvalue weighted by atomic mass is 14.6. The second-order valence-electron chi connectivity index (χ2n) is 8.39. The quantitative estimate of drug-likeness (QED) is 0.204. The lowest BCUT2D eigenvalue weighted by atomic mass is 9.88. The van der Waals surface area contributed by atoms with Crippen molar-refractivity contribution in [3.8, 4) is 0 Å². The van der Waals surface area contributed by atoms with Crippen LogP contribution in [-0.2, 0) is 0 Å². The van der Waals surface area contributed by atoms with Crippen molar-refractivity contribution in [1.82, 2.24) is 0 Å². The van der Waals surface area contributed by atoms with Crippen LogP contribution in [-0.4, -0.2) is 0 Å². The first kappa shape index (κ1) is 16.7. The highest BCUT2D eigenvalue weighted by Crippen LogP contribution is 2.43. The minimum Gasteiger partial charge on any atom is -0.398 e. The van der Waals surface area contributed by atoms with Gasteiger partial charge in [0, 0.05) is 16.5 Å². The number of rotatable bonds is 0. The van der Waals surface area contributed by atoms with E-state index in [4.69, 9.17) is 5.73 Å². The number of anilines is 1. The smallest absolute Gasteiger partial charge is 0.0400 e. The van der Waals surface area contributed by atoms with Gasteiger partial charge in [0.1, 0.15) is 0 Å². The summed E-state index contributed by atoms with van der Waals surface area (Å²) in [5.74, 6) is 0. The standard InChI is InChI=1S/C30H19N/c31-26-17-22-14-13-20-11-9-18-5-1-3-7-23(18)27(20)29(22)30-25(26)16-15-21-12-10-19-6-2-4-8-24(19)28(21)30/h1-17H,31H2. The largest absolute Gasteiger partial charge is 0.398 e.